The summed E-state index contributed by atoms with van der Waals surface area (Å²) in [5, 5.41) is 0. The second-order valence-electron chi connectivity index (χ2n) is 8.53. The first kappa shape index (κ1) is 18.7. The zero-order valence-electron chi connectivity index (χ0n) is 16.4. The summed E-state index contributed by atoms with van der Waals surface area (Å²) in [6, 6.07) is 23.6. The Bertz CT molecular complexity index is 662. The van der Waals surface area contributed by atoms with Gasteiger partial charge in [0.2, 0.25) is 0 Å². The Labute approximate surface area is 167 Å². The summed E-state index contributed by atoms with van der Waals surface area (Å²) >= 11 is 0. The summed E-state index contributed by atoms with van der Waals surface area (Å²) in [6.07, 6.45) is 14.6. The van der Waals surface area contributed by atoms with Gasteiger partial charge in [-0.05, 0) is 72.9 Å². The first-order valence-corrected chi connectivity index (χ1v) is 12.1. The Morgan fingerprint density at radius 2 is 1.41 bits per heavy atom. The predicted molar refractivity (Wildman–Crippen MR) is 117 cm³/mol. The largest absolute Gasteiger partial charge is 0.0851 e. The zero-order chi connectivity index (χ0) is 18.3. The molecule has 2 aliphatic carbocycles. The fourth-order valence-electron chi connectivity index (χ4n) is 5.02. The number of hydrogen-bond donors (Lipinski definition) is 0. The van der Waals surface area contributed by atoms with E-state index in [9.17, 15) is 0 Å². The van der Waals surface area contributed by atoms with Crippen molar-refractivity contribution >= 4 is 9.52 Å². The third kappa shape index (κ3) is 5.45. The van der Waals surface area contributed by atoms with Crippen molar-refractivity contribution in [3.63, 3.8) is 0 Å². The number of rotatable bonds is 10. The van der Waals surface area contributed by atoms with E-state index in [1.54, 1.807) is 0 Å². The lowest BCUT2D eigenvalue weighted by Crippen LogP contribution is -2.11. The summed E-state index contributed by atoms with van der Waals surface area (Å²) in [4.78, 5) is 0. The van der Waals surface area contributed by atoms with Gasteiger partial charge in [-0.15, -0.1) is 0 Å². The minimum atomic E-state index is 0.888. The molecule has 1 fully saturated rings. The summed E-state index contributed by atoms with van der Waals surface area (Å²) in [7, 11) is 1.14. The number of hydrogen-bond acceptors (Lipinski definition) is 0. The maximum atomic E-state index is 2.52. The van der Waals surface area contributed by atoms with Gasteiger partial charge in [0.1, 0.15) is 0 Å². The highest BCUT2D eigenvalue weighted by molar-refractivity contribution is 6.37. The van der Waals surface area contributed by atoms with E-state index in [1.165, 1.54) is 62.1 Å². The van der Waals surface area contributed by atoms with Crippen LogP contribution in [0.4, 0.5) is 0 Å². The van der Waals surface area contributed by atoms with Crippen LogP contribution in [0.15, 0.2) is 72.8 Å². The molecule has 1 heteroatoms. The van der Waals surface area contributed by atoms with Gasteiger partial charge < -0.3 is 0 Å². The van der Waals surface area contributed by atoms with Crippen LogP contribution in [0.25, 0.3) is 0 Å². The van der Waals surface area contributed by atoms with Gasteiger partial charge in [0.25, 0.3) is 0 Å². The number of benzene rings is 2. The molecule has 2 radical (unpaired) electrons. The van der Waals surface area contributed by atoms with Crippen LogP contribution in [-0.4, -0.2) is 9.52 Å². The summed E-state index contributed by atoms with van der Waals surface area (Å²) in [5.41, 5.74) is 3.90. The molecule has 27 heavy (non-hydrogen) atoms. The highest BCUT2D eigenvalue weighted by atomic mass is 28.2. The van der Waals surface area contributed by atoms with E-state index in [2.05, 4.69) is 72.8 Å². The maximum absolute atomic E-state index is 2.52. The molecule has 2 bridgehead atoms. The molecule has 3 atom stereocenters. The third-order valence-electron chi connectivity index (χ3n) is 6.61. The molecule has 140 valence electrons. The van der Waals surface area contributed by atoms with E-state index in [0.29, 0.717) is 0 Å². The highest BCUT2D eigenvalue weighted by Gasteiger charge is 2.34. The van der Waals surface area contributed by atoms with Gasteiger partial charge >= 0.3 is 0 Å². The van der Waals surface area contributed by atoms with E-state index >= 15 is 0 Å². The van der Waals surface area contributed by atoms with Crippen LogP contribution in [0.2, 0.25) is 11.6 Å². The van der Waals surface area contributed by atoms with Crippen molar-refractivity contribution in [2.24, 2.45) is 17.8 Å². The van der Waals surface area contributed by atoms with Crippen LogP contribution in [0.3, 0.4) is 0 Å². The minimum absolute atomic E-state index is 0.888. The molecule has 0 N–H and O–H groups in total. The van der Waals surface area contributed by atoms with Crippen molar-refractivity contribution in [2.75, 3.05) is 0 Å². The lowest BCUT2D eigenvalue weighted by atomic mass is 9.91. The Balaban J connectivity index is 1.27. The van der Waals surface area contributed by atoms with Crippen LogP contribution >= 0.6 is 0 Å². The van der Waals surface area contributed by atoms with Gasteiger partial charge in [-0.25, -0.2) is 0 Å². The van der Waals surface area contributed by atoms with Gasteiger partial charge in [-0.1, -0.05) is 85.3 Å². The van der Waals surface area contributed by atoms with Crippen molar-refractivity contribution in [1.82, 2.24) is 0 Å². The molecule has 2 aromatic carbocycles. The Morgan fingerprint density at radius 3 is 1.93 bits per heavy atom. The van der Waals surface area contributed by atoms with Crippen LogP contribution in [-0.2, 0) is 12.8 Å². The molecule has 0 aliphatic heterocycles. The number of fused-ring (bicyclic) bond motifs is 2. The first-order chi connectivity index (χ1) is 13.4. The van der Waals surface area contributed by atoms with Gasteiger partial charge in [0.15, 0.2) is 0 Å². The van der Waals surface area contributed by atoms with Crippen molar-refractivity contribution in [2.45, 2.75) is 56.5 Å². The van der Waals surface area contributed by atoms with Crippen LogP contribution in [0, 0.1) is 17.8 Å². The van der Waals surface area contributed by atoms with E-state index in [1.807, 2.05) is 0 Å². The first-order valence-electron chi connectivity index (χ1n) is 10.9. The Hall–Kier alpha value is -1.60. The molecular weight excluding hydrogens is 340 g/mol. The average molecular weight is 373 g/mol. The summed E-state index contributed by atoms with van der Waals surface area (Å²) in [6.45, 7) is 0. The monoisotopic (exact) mass is 372 g/mol. The summed E-state index contributed by atoms with van der Waals surface area (Å²) in [5.74, 6) is 2.85. The topological polar surface area (TPSA) is 0 Å². The SMILES string of the molecule is C1=CC2CC1CC2CC[Si]C(CCc1ccccc1)CCc1ccccc1. The summed E-state index contributed by atoms with van der Waals surface area (Å²) < 4.78 is 0. The molecule has 0 saturated heterocycles. The zero-order valence-corrected chi connectivity index (χ0v) is 17.4. The predicted octanol–water partition coefficient (Wildman–Crippen LogP) is 6.77. The number of allylic oxidation sites excluding steroid dienone is 2. The van der Waals surface area contributed by atoms with Gasteiger partial charge in [0, 0.05) is 9.52 Å². The van der Waals surface area contributed by atoms with E-state index in [-0.39, 0.29) is 0 Å². The molecule has 3 unspecified atom stereocenters. The molecule has 4 rings (SSSR count). The number of aryl methyl sites for hydroxylation is 2. The third-order valence-corrected chi connectivity index (χ3v) is 8.35. The van der Waals surface area contributed by atoms with Gasteiger partial charge in [-0.3, -0.25) is 0 Å². The quantitative estimate of drug-likeness (QED) is 0.319. The molecule has 0 heterocycles. The van der Waals surface area contributed by atoms with E-state index in [0.717, 1.165) is 32.8 Å². The van der Waals surface area contributed by atoms with Crippen molar-refractivity contribution < 1.29 is 0 Å². The standard InChI is InChI=1S/C26H32Si/c1-3-7-21(8-4-1)12-15-26(16-13-22-9-5-2-6-10-22)27-18-17-25-20-23-11-14-24(25)19-23/h1-11,14,23-26H,12-13,15-20H2. The van der Waals surface area contributed by atoms with Crippen molar-refractivity contribution in [3.8, 4) is 0 Å². The fourth-order valence-corrected chi connectivity index (χ4v) is 6.66. The minimum Gasteiger partial charge on any atom is -0.0851 e. The second kappa shape index (κ2) is 9.55. The van der Waals surface area contributed by atoms with E-state index in [4.69, 9.17) is 0 Å². The molecule has 0 spiro atoms. The van der Waals surface area contributed by atoms with Crippen LogP contribution in [0.1, 0.15) is 43.2 Å². The molecule has 2 aliphatic rings. The molecular formula is C26H32Si. The Morgan fingerprint density at radius 1 is 0.778 bits per heavy atom. The molecule has 2 aromatic rings. The maximum Gasteiger partial charge on any atom is 0.0413 e. The van der Waals surface area contributed by atoms with Gasteiger partial charge in [-0.2, -0.15) is 0 Å². The van der Waals surface area contributed by atoms with E-state index < -0.39 is 0 Å². The average Bonchev–Trinajstić information content (AvgIpc) is 3.34. The van der Waals surface area contributed by atoms with Crippen molar-refractivity contribution in [1.29, 1.82) is 0 Å². The fraction of sp³-hybridized carbons (Fsp3) is 0.462. The van der Waals surface area contributed by atoms with Crippen LogP contribution in [0.5, 0.6) is 0 Å². The van der Waals surface area contributed by atoms with Gasteiger partial charge in [0.05, 0.1) is 0 Å². The molecule has 1 saturated carbocycles. The highest BCUT2D eigenvalue weighted by Crippen LogP contribution is 2.45. The normalized spacial score (nSPS) is 23.4. The molecule has 0 amide bonds. The molecule has 0 nitrogen and oxygen atoms in total. The lowest BCUT2D eigenvalue weighted by Gasteiger charge is -2.20. The Kier molecular flexibility index (Phi) is 6.63. The molecule has 0 aromatic heterocycles. The lowest BCUT2D eigenvalue weighted by molar-refractivity contribution is 0.432. The smallest absolute Gasteiger partial charge is 0.0413 e. The van der Waals surface area contributed by atoms with Crippen LogP contribution < -0.4 is 0 Å². The second-order valence-corrected chi connectivity index (χ2v) is 10.3. The van der Waals surface area contributed by atoms with Crippen molar-refractivity contribution in [3.05, 3.63) is 83.9 Å².